The molecule has 6 heterocycles. The molecule has 29 nitrogen and oxygen atoms in total. The first kappa shape index (κ1) is 67.9. The molecule has 0 saturated carbocycles. The normalized spacial score (nSPS) is 32.9. The van der Waals surface area contributed by atoms with Crippen molar-refractivity contribution in [2.45, 2.75) is 129 Å². The summed E-state index contributed by atoms with van der Waals surface area (Å²) >= 11 is 0. The largest absolute Gasteiger partial charge is 1.00 e. The van der Waals surface area contributed by atoms with Gasteiger partial charge in [-0.25, -0.2) is 30.0 Å². The zero-order valence-electron chi connectivity index (χ0n) is 40.3. The molecule has 0 fully saturated rings. The predicted molar refractivity (Wildman–Crippen MR) is 204 cm³/mol. The molecule has 0 spiro atoms. The van der Waals surface area contributed by atoms with E-state index < -0.39 is 27.7 Å². The van der Waals surface area contributed by atoms with E-state index in [-0.39, 0.29) is 208 Å². The van der Waals surface area contributed by atoms with E-state index in [1.165, 1.54) is 0 Å². The van der Waals surface area contributed by atoms with E-state index in [1.54, 1.807) is 20.8 Å². The van der Waals surface area contributed by atoms with Gasteiger partial charge >= 0.3 is 148 Å². The number of nitrogens with zero attached hydrogens (tertiary/aromatic N) is 16. The van der Waals surface area contributed by atoms with Crippen molar-refractivity contribution in [3.05, 3.63) is 0 Å². The van der Waals surface area contributed by atoms with Crippen molar-refractivity contribution in [3.8, 4) is 0 Å². The van der Waals surface area contributed by atoms with Crippen LogP contribution in [0, 0.1) is 39.9 Å². The van der Waals surface area contributed by atoms with E-state index in [9.17, 15) is 26.3 Å². The van der Waals surface area contributed by atoms with Crippen molar-refractivity contribution in [3.63, 3.8) is 0 Å². The minimum absolute atomic E-state index is 0. The Bertz CT molecular complexity index is 2100. The molecule has 0 saturated heterocycles. The average molecular weight is 984 g/mol. The standard InChI is InChI=1S/2C11H17N7O4.C11H17N5O2.5Na/c1-6-4-11(16-18-22-20)5-10(3,15-17-21-19)7(2)13-9(11)14-8(6)12;1-6-4-11(16-18-22-20)5-10(3,15-17-21-19)8(12)14-9(11)13-7(6)2;1-6-4-11(15-16-18-17)5-7(2)9(12)14-10(11)13-8(6)3;;;;;/h2*6,12,19-20H,4-5H2,1-3H3;6-7,12,17H,4-5H2,1-3H3;;;;;/q;;;5*+1/p-5. The Kier molecular flexibility index (Phi) is 29.8. The second kappa shape index (κ2) is 29.4. The zero-order chi connectivity index (χ0) is 46.1. The van der Waals surface area contributed by atoms with Crippen molar-refractivity contribution in [1.82, 2.24) is 0 Å². The summed E-state index contributed by atoms with van der Waals surface area (Å²) in [6.07, 6.45) is 2.41. The molecule has 0 radical (unpaired) electrons. The van der Waals surface area contributed by atoms with Gasteiger partial charge in [-0.2, -0.15) is 0 Å². The third kappa shape index (κ3) is 16.2. The Labute approximate surface area is 495 Å². The fourth-order valence-electron chi connectivity index (χ4n) is 7.88. The van der Waals surface area contributed by atoms with Gasteiger partial charge in [0.05, 0.1) is 0 Å². The number of rotatable bonds is 10. The van der Waals surface area contributed by atoms with E-state index in [0.717, 1.165) is 11.4 Å². The molecule has 67 heavy (non-hydrogen) atoms. The van der Waals surface area contributed by atoms with Gasteiger partial charge in [-0.3, -0.25) is 16.2 Å². The van der Waals surface area contributed by atoms with Crippen molar-refractivity contribution >= 4 is 52.1 Å². The summed E-state index contributed by atoms with van der Waals surface area (Å²) in [5, 5.41) is 109. The van der Waals surface area contributed by atoms with Crippen LogP contribution in [0.15, 0.2) is 81.9 Å². The molecule has 6 aliphatic heterocycles. The topological polar surface area (TPSA) is 431 Å². The molecule has 0 aromatic carbocycles. The molecular formula is C33H46N19Na5O10. The second-order valence-corrected chi connectivity index (χ2v) is 16.3. The molecule has 338 valence electrons. The first-order chi connectivity index (χ1) is 29.2. The first-order valence-electron chi connectivity index (χ1n) is 19.0. The van der Waals surface area contributed by atoms with Gasteiger partial charge in [-0.05, 0) is 72.1 Å². The maximum Gasteiger partial charge on any atom is 1.00 e. The minimum Gasteiger partial charge on any atom is -0.636 e. The van der Waals surface area contributed by atoms with Crippen LogP contribution in [-0.2, 0) is 24.9 Å². The van der Waals surface area contributed by atoms with Crippen molar-refractivity contribution in [1.29, 1.82) is 16.2 Å². The van der Waals surface area contributed by atoms with Gasteiger partial charge in [0.1, 0.15) is 39.4 Å². The Morgan fingerprint density at radius 1 is 0.448 bits per heavy atom. The summed E-state index contributed by atoms with van der Waals surface area (Å²) in [5.74, 6) is 1.42. The quantitative estimate of drug-likeness (QED) is 0.0803. The molecule has 9 unspecified atom stereocenters. The Morgan fingerprint density at radius 3 is 1.19 bits per heavy atom. The molecule has 0 aromatic heterocycles. The smallest absolute Gasteiger partial charge is 0.636 e. The molecule has 3 N–H and O–H groups in total. The van der Waals surface area contributed by atoms with Gasteiger partial charge in [0, 0.05) is 68.2 Å². The molecular weight excluding hydrogens is 937 g/mol. The average Bonchev–Trinajstić information content (AvgIpc) is 3.22. The van der Waals surface area contributed by atoms with Crippen molar-refractivity contribution in [2.75, 3.05) is 0 Å². The molecule has 34 heteroatoms. The monoisotopic (exact) mass is 983 g/mol. The van der Waals surface area contributed by atoms with E-state index in [2.05, 4.69) is 114 Å². The Morgan fingerprint density at radius 2 is 0.761 bits per heavy atom. The van der Waals surface area contributed by atoms with E-state index >= 15 is 0 Å². The van der Waals surface area contributed by atoms with Gasteiger partial charge in [0.2, 0.25) is 0 Å². The maximum absolute atomic E-state index is 10.2. The molecule has 0 amide bonds. The van der Waals surface area contributed by atoms with Crippen LogP contribution in [0.5, 0.6) is 0 Å². The Balaban J connectivity index is 0. The van der Waals surface area contributed by atoms with Crippen LogP contribution in [0.2, 0.25) is 0 Å². The van der Waals surface area contributed by atoms with Crippen LogP contribution in [0.1, 0.15) is 101 Å². The first-order valence-corrected chi connectivity index (χ1v) is 19.0. The number of aliphatic imine (C=N–C) groups is 6. The van der Waals surface area contributed by atoms with E-state index in [1.807, 2.05) is 34.6 Å². The minimum atomic E-state index is -1.24. The van der Waals surface area contributed by atoms with Gasteiger partial charge in [-0.1, -0.05) is 27.7 Å². The van der Waals surface area contributed by atoms with Gasteiger partial charge in [-0.15, -0.1) is 25.6 Å². The molecule has 6 aliphatic rings. The van der Waals surface area contributed by atoms with E-state index in [4.69, 9.17) is 16.2 Å². The van der Waals surface area contributed by atoms with Crippen LogP contribution in [0.25, 0.3) is 0 Å². The second-order valence-electron chi connectivity index (χ2n) is 16.3. The number of hydrogen-bond donors (Lipinski definition) is 3. The summed E-state index contributed by atoms with van der Waals surface area (Å²) in [7, 11) is 0. The van der Waals surface area contributed by atoms with Crippen LogP contribution >= 0.6 is 0 Å². The Hall–Kier alpha value is -1.17. The van der Waals surface area contributed by atoms with Crippen LogP contribution < -0.4 is 174 Å². The van der Waals surface area contributed by atoms with Gasteiger partial charge < -0.3 is 51.2 Å². The fraction of sp³-hybridized carbons (Fsp3) is 0.727. The fourth-order valence-corrected chi connectivity index (χ4v) is 7.88. The number of nitrogens with one attached hydrogen (secondary N) is 3. The summed E-state index contributed by atoms with van der Waals surface area (Å²) in [6.45, 7) is 16.4. The van der Waals surface area contributed by atoms with Crippen LogP contribution in [0.3, 0.4) is 0 Å². The third-order valence-electron chi connectivity index (χ3n) is 11.6. The summed E-state index contributed by atoms with van der Waals surface area (Å²) in [6, 6.07) is 0. The molecule has 0 bridgehead atoms. The van der Waals surface area contributed by atoms with Crippen LogP contribution in [0.4, 0.5) is 0 Å². The number of hydrogen-bond acceptors (Lipinski definition) is 26. The van der Waals surface area contributed by atoms with E-state index in [0.29, 0.717) is 43.1 Å². The third-order valence-corrected chi connectivity index (χ3v) is 11.6. The van der Waals surface area contributed by atoms with Crippen molar-refractivity contribution in [2.24, 2.45) is 106 Å². The van der Waals surface area contributed by atoms with Crippen molar-refractivity contribution < 1.29 is 199 Å². The van der Waals surface area contributed by atoms with Crippen LogP contribution in [-0.4, -0.2) is 79.8 Å². The number of amidine groups is 6. The summed E-state index contributed by atoms with van der Waals surface area (Å²) < 4.78 is 0. The summed E-state index contributed by atoms with van der Waals surface area (Å²) in [4.78, 5) is 42.7. The predicted octanol–water partition coefficient (Wildman–Crippen LogP) is -13.5. The molecule has 0 aromatic rings. The molecule has 6 rings (SSSR count). The SMILES string of the molecule is CC1=NC2=NC(=N)C(C)(N=NO[O-])CC2(N=NO[O-])CC1C.CC1=NC2=NC(=N)C(C)CC2(N=NO[O-])CC1(C)N=NO[O-].CC1=NC2=NC(=N)C(C)CC2(N=NO[O-])CC1C.[Na+].[Na+].[Na+].[Na+].[Na+]. The van der Waals surface area contributed by atoms with Gasteiger partial charge in [0.15, 0.2) is 23.3 Å². The zero-order valence-corrected chi connectivity index (χ0v) is 50.3. The molecule has 9 atom stereocenters. The number of fused-ring (bicyclic) bond motifs is 3. The maximum atomic E-state index is 10.2. The summed E-state index contributed by atoms with van der Waals surface area (Å²) in [5.41, 5.74) is -2.72. The molecule has 0 aliphatic carbocycles. The van der Waals surface area contributed by atoms with Gasteiger partial charge in [0.25, 0.3) is 0 Å².